The highest BCUT2D eigenvalue weighted by molar-refractivity contribution is 5.77. The van der Waals surface area contributed by atoms with Gasteiger partial charge in [0, 0.05) is 12.1 Å². The molecule has 0 aliphatic heterocycles. The number of rotatable bonds is 3. The van der Waals surface area contributed by atoms with E-state index in [2.05, 4.69) is 5.32 Å². The number of hydrogen-bond donors (Lipinski definition) is 2. The molecule has 12 heavy (non-hydrogen) atoms. The highest BCUT2D eigenvalue weighted by atomic mass is 16.3. The quantitative estimate of drug-likeness (QED) is 0.675. The van der Waals surface area contributed by atoms with Gasteiger partial charge in [-0.3, -0.25) is 4.79 Å². The van der Waals surface area contributed by atoms with E-state index in [4.69, 9.17) is 10.2 Å². The summed E-state index contributed by atoms with van der Waals surface area (Å²) in [5.41, 5.74) is 7.13. The number of carbonyl (C=O) groups excluding carboxylic acids is 1. The lowest BCUT2D eigenvalue weighted by molar-refractivity contribution is -0.119. The van der Waals surface area contributed by atoms with Crippen LogP contribution in [0.3, 0.4) is 0 Å². The molecule has 0 unspecified atom stereocenters. The minimum absolute atomic E-state index is 0.0247. The fourth-order valence-corrected chi connectivity index (χ4v) is 0.834. The molecular formula is C8H12N2O2. The van der Waals surface area contributed by atoms with E-state index in [0.717, 1.165) is 11.1 Å². The summed E-state index contributed by atoms with van der Waals surface area (Å²) in [5, 5.41) is 2.65. The van der Waals surface area contributed by atoms with E-state index < -0.39 is 0 Å². The molecule has 0 aliphatic carbocycles. The summed E-state index contributed by atoms with van der Waals surface area (Å²) in [7, 11) is 0. The first-order valence-electron chi connectivity index (χ1n) is 3.72. The molecule has 1 rings (SSSR count). The van der Waals surface area contributed by atoms with Crippen LogP contribution in [0.1, 0.15) is 11.1 Å². The first kappa shape index (κ1) is 8.80. The van der Waals surface area contributed by atoms with E-state index in [9.17, 15) is 4.79 Å². The number of amides is 1. The van der Waals surface area contributed by atoms with Crippen molar-refractivity contribution < 1.29 is 9.21 Å². The monoisotopic (exact) mass is 168 g/mol. The van der Waals surface area contributed by atoms with Crippen LogP contribution in [-0.4, -0.2) is 12.5 Å². The van der Waals surface area contributed by atoms with Gasteiger partial charge in [-0.2, -0.15) is 0 Å². The zero-order chi connectivity index (χ0) is 8.97. The average Bonchev–Trinajstić information content (AvgIpc) is 2.47. The van der Waals surface area contributed by atoms with Crippen molar-refractivity contribution >= 4 is 5.91 Å². The summed E-state index contributed by atoms with van der Waals surface area (Å²) in [4.78, 5) is 10.8. The summed E-state index contributed by atoms with van der Waals surface area (Å²) in [5.74, 6) is -0.157. The van der Waals surface area contributed by atoms with Crippen LogP contribution in [0, 0.1) is 6.92 Å². The fraction of sp³-hybridized carbons (Fsp3) is 0.375. The molecule has 4 heteroatoms. The molecule has 66 valence electrons. The molecule has 0 saturated carbocycles. The molecular weight excluding hydrogens is 156 g/mol. The van der Waals surface area contributed by atoms with Crippen LogP contribution in [0.2, 0.25) is 0 Å². The standard InChI is InChI=1S/C8H12N2O2/c1-6-4-12-5-7(6)3-10-8(11)2-9/h4-5H,2-3,9H2,1H3,(H,10,11). The Balaban J connectivity index is 2.43. The smallest absolute Gasteiger partial charge is 0.234 e. The van der Waals surface area contributed by atoms with Gasteiger partial charge >= 0.3 is 0 Å². The summed E-state index contributed by atoms with van der Waals surface area (Å²) in [6.45, 7) is 2.43. The minimum Gasteiger partial charge on any atom is -0.472 e. The van der Waals surface area contributed by atoms with Crippen LogP contribution in [0.15, 0.2) is 16.9 Å². The van der Waals surface area contributed by atoms with Gasteiger partial charge in [-0.15, -0.1) is 0 Å². The molecule has 0 aliphatic rings. The molecule has 0 fully saturated rings. The van der Waals surface area contributed by atoms with Crippen LogP contribution in [0.4, 0.5) is 0 Å². The van der Waals surface area contributed by atoms with Gasteiger partial charge in [-0.1, -0.05) is 0 Å². The van der Waals surface area contributed by atoms with Crippen molar-refractivity contribution in [3.63, 3.8) is 0 Å². The maximum Gasteiger partial charge on any atom is 0.234 e. The molecule has 1 aromatic heterocycles. The molecule has 1 amide bonds. The van der Waals surface area contributed by atoms with Crippen LogP contribution >= 0.6 is 0 Å². The molecule has 0 bridgehead atoms. The first-order chi connectivity index (χ1) is 5.74. The Hall–Kier alpha value is -1.29. The highest BCUT2D eigenvalue weighted by Gasteiger charge is 2.01. The van der Waals surface area contributed by atoms with Gasteiger partial charge in [0.15, 0.2) is 0 Å². The van der Waals surface area contributed by atoms with Crippen LogP contribution in [0.5, 0.6) is 0 Å². The van der Waals surface area contributed by atoms with E-state index in [1.165, 1.54) is 0 Å². The zero-order valence-corrected chi connectivity index (χ0v) is 6.96. The van der Waals surface area contributed by atoms with Gasteiger partial charge in [-0.05, 0) is 12.5 Å². The van der Waals surface area contributed by atoms with Crippen LogP contribution in [-0.2, 0) is 11.3 Å². The zero-order valence-electron chi connectivity index (χ0n) is 6.96. The second kappa shape index (κ2) is 3.92. The average molecular weight is 168 g/mol. The molecule has 0 aromatic carbocycles. The van der Waals surface area contributed by atoms with Gasteiger partial charge in [0.25, 0.3) is 0 Å². The molecule has 1 aromatic rings. The Morgan fingerprint density at radius 1 is 1.67 bits per heavy atom. The molecule has 3 N–H and O–H groups in total. The van der Waals surface area contributed by atoms with Gasteiger partial charge in [0.2, 0.25) is 5.91 Å². The largest absolute Gasteiger partial charge is 0.472 e. The second-order valence-electron chi connectivity index (χ2n) is 2.56. The molecule has 1 heterocycles. The third-order valence-corrected chi connectivity index (χ3v) is 1.62. The van der Waals surface area contributed by atoms with Crippen LogP contribution in [0.25, 0.3) is 0 Å². The molecule has 0 radical (unpaired) electrons. The second-order valence-corrected chi connectivity index (χ2v) is 2.56. The van der Waals surface area contributed by atoms with E-state index >= 15 is 0 Å². The van der Waals surface area contributed by atoms with Crippen molar-refractivity contribution in [2.24, 2.45) is 5.73 Å². The molecule has 4 nitrogen and oxygen atoms in total. The van der Waals surface area contributed by atoms with E-state index in [1.54, 1.807) is 12.5 Å². The summed E-state index contributed by atoms with van der Waals surface area (Å²) in [6.07, 6.45) is 3.26. The maximum atomic E-state index is 10.8. The predicted octanol–water partition coefficient (Wildman–Crippen LogP) is 0.163. The number of nitrogens with one attached hydrogen (secondary N) is 1. The van der Waals surface area contributed by atoms with E-state index in [-0.39, 0.29) is 12.5 Å². The van der Waals surface area contributed by atoms with Gasteiger partial charge in [0.1, 0.15) is 0 Å². The lowest BCUT2D eigenvalue weighted by atomic mass is 10.2. The SMILES string of the molecule is Cc1cocc1CNC(=O)CN. The highest BCUT2D eigenvalue weighted by Crippen LogP contribution is 2.07. The first-order valence-corrected chi connectivity index (χ1v) is 3.72. The minimum atomic E-state index is -0.157. The van der Waals surface area contributed by atoms with Gasteiger partial charge in [0.05, 0.1) is 19.1 Å². The molecule has 0 spiro atoms. The van der Waals surface area contributed by atoms with Gasteiger partial charge in [-0.25, -0.2) is 0 Å². The lowest BCUT2D eigenvalue weighted by Gasteiger charge is -2.00. The third kappa shape index (κ3) is 2.10. The topological polar surface area (TPSA) is 68.3 Å². The Morgan fingerprint density at radius 2 is 2.42 bits per heavy atom. The maximum absolute atomic E-state index is 10.8. The molecule has 0 saturated heterocycles. The predicted molar refractivity (Wildman–Crippen MR) is 44.3 cm³/mol. The fourth-order valence-electron chi connectivity index (χ4n) is 0.834. The number of carbonyl (C=O) groups is 1. The Bertz CT molecular complexity index is 268. The van der Waals surface area contributed by atoms with Gasteiger partial charge < -0.3 is 15.5 Å². The van der Waals surface area contributed by atoms with Crippen molar-refractivity contribution in [3.05, 3.63) is 23.7 Å². The normalized spacial score (nSPS) is 9.83. The summed E-state index contributed by atoms with van der Waals surface area (Å²) >= 11 is 0. The van der Waals surface area contributed by atoms with E-state index in [0.29, 0.717) is 6.54 Å². The number of furan rings is 1. The third-order valence-electron chi connectivity index (χ3n) is 1.62. The van der Waals surface area contributed by atoms with Crippen molar-refractivity contribution in [3.8, 4) is 0 Å². The van der Waals surface area contributed by atoms with Crippen molar-refractivity contribution in [2.45, 2.75) is 13.5 Å². The Morgan fingerprint density at radius 3 is 2.92 bits per heavy atom. The van der Waals surface area contributed by atoms with E-state index in [1.807, 2.05) is 6.92 Å². The Kier molecular flexibility index (Phi) is 2.88. The summed E-state index contributed by atoms with van der Waals surface area (Å²) < 4.78 is 4.93. The Labute approximate surface area is 70.7 Å². The summed E-state index contributed by atoms with van der Waals surface area (Å²) in [6, 6.07) is 0. The van der Waals surface area contributed by atoms with Crippen LogP contribution < -0.4 is 11.1 Å². The van der Waals surface area contributed by atoms with Crippen molar-refractivity contribution in [1.29, 1.82) is 0 Å². The number of hydrogen-bond acceptors (Lipinski definition) is 3. The number of nitrogens with two attached hydrogens (primary N) is 1. The van der Waals surface area contributed by atoms with Crippen molar-refractivity contribution in [2.75, 3.05) is 6.54 Å². The number of aryl methyl sites for hydroxylation is 1. The van der Waals surface area contributed by atoms with Crippen molar-refractivity contribution in [1.82, 2.24) is 5.32 Å². The molecule has 0 atom stereocenters. The lowest BCUT2D eigenvalue weighted by Crippen LogP contribution is -2.29.